The highest BCUT2D eigenvalue weighted by molar-refractivity contribution is 6.30. The van der Waals surface area contributed by atoms with Gasteiger partial charge in [0, 0.05) is 22.7 Å². The van der Waals surface area contributed by atoms with Crippen LogP contribution in [0.5, 0.6) is 0 Å². The van der Waals surface area contributed by atoms with Crippen LogP contribution in [0.4, 0.5) is 0 Å². The molecule has 1 N–H and O–H groups in total. The third kappa shape index (κ3) is 4.58. The zero-order chi connectivity index (χ0) is 17.9. The van der Waals surface area contributed by atoms with Crippen molar-refractivity contribution in [1.29, 1.82) is 0 Å². The summed E-state index contributed by atoms with van der Waals surface area (Å²) in [6.07, 6.45) is 0.194. The van der Waals surface area contributed by atoms with E-state index in [2.05, 4.69) is 29.0 Å². The molecule has 0 atom stereocenters. The summed E-state index contributed by atoms with van der Waals surface area (Å²) in [6.45, 7) is 6.53. The van der Waals surface area contributed by atoms with Gasteiger partial charge >= 0.3 is 0 Å². The quantitative estimate of drug-likeness (QED) is 0.869. The van der Waals surface area contributed by atoms with Crippen LogP contribution in [0.3, 0.4) is 0 Å². The molecule has 24 heavy (non-hydrogen) atoms. The third-order valence-electron chi connectivity index (χ3n) is 4.22. The van der Waals surface area contributed by atoms with Gasteiger partial charge in [0.15, 0.2) is 0 Å². The van der Waals surface area contributed by atoms with Crippen molar-refractivity contribution < 1.29 is 9.21 Å². The predicted molar refractivity (Wildman–Crippen MR) is 96.2 cm³/mol. The number of aromatic nitrogens is 1. The molecule has 1 aromatic carbocycles. The van der Waals surface area contributed by atoms with Crippen LogP contribution in [0, 0.1) is 6.92 Å². The molecule has 5 nitrogen and oxygen atoms in total. The number of nitrogens with zero attached hydrogens (tertiary/aromatic N) is 2. The molecule has 0 unspecified atom stereocenters. The smallest absolute Gasteiger partial charge is 0.226 e. The van der Waals surface area contributed by atoms with Gasteiger partial charge in [0.1, 0.15) is 5.76 Å². The average molecular weight is 350 g/mol. The number of carbonyl (C=O) groups is 1. The van der Waals surface area contributed by atoms with Crippen molar-refractivity contribution in [3.63, 3.8) is 0 Å². The van der Waals surface area contributed by atoms with E-state index in [4.69, 9.17) is 16.0 Å². The lowest BCUT2D eigenvalue weighted by molar-refractivity contribution is -0.121. The van der Waals surface area contributed by atoms with E-state index in [1.807, 2.05) is 33.2 Å². The average Bonchev–Trinajstić information content (AvgIpc) is 2.86. The second-order valence-electron chi connectivity index (χ2n) is 6.69. The van der Waals surface area contributed by atoms with E-state index in [-0.39, 0.29) is 17.9 Å². The van der Waals surface area contributed by atoms with Crippen molar-refractivity contribution in [2.45, 2.75) is 32.7 Å². The molecule has 0 aliphatic carbocycles. The second kappa shape index (κ2) is 7.36. The largest absolute Gasteiger partial charge is 0.441 e. The molecular weight excluding hydrogens is 326 g/mol. The number of carbonyl (C=O) groups excluding carboxylic acids is 1. The molecular formula is C18H24ClN3O2. The van der Waals surface area contributed by atoms with Gasteiger partial charge in [0.2, 0.25) is 11.8 Å². The molecule has 0 aliphatic heterocycles. The van der Waals surface area contributed by atoms with Gasteiger partial charge in [-0.15, -0.1) is 0 Å². The van der Waals surface area contributed by atoms with E-state index in [1.54, 1.807) is 12.1 Å². The fourth-order valence-electron chi connectivity index (χ4n) is 2.02. The van der Waals surface area contributed by atoms with E-state index in [0.717, 1.165) is 5.56 Å². The summed E-state index contributed by atoms with van der Waals surface area (Å²) in [6, 6.07) is 7.30. The van der Waals surface area contributed by atoms with Crippen molar-refractivity contribution in [3.05, 3.63) is 40.7 Å². The monoisotopic (exact) mass is 349 g/mol. The Balaban J connectivity index is 2.04. The number of aryl methyl sites for hydroxylation is 1. The molecule has 0 fully saturated rings. The number of benzene rings is 1. The van der Waals surface area contributed by atoms with Crippen molar-refractivity contribution >= 4 is 17.5 Å². The Labute approximate surface area is 148 Å². The van der Waals surface area contributed by atoms with E-state index < -0.39 is 0 Å². The SMILES string of the molecule is Cc1oc(-c2cccc(Cl)c2)nc1CC(=O)NCC(C)(C)N(C)C. The van der Waals surface area contributed by atoms with Gasteiger partial charge in [0.05, 0.1) is 12.1 Å². The molecule has 1 amide bonds. The van der Waals surface area contributed by atoms with Gasteiger partial charge in [0.25, 0.3) is 0 Å². The van der Waals surface area contributed by atoms with Crippen molar-refractivity contribution in [2.75, 3.05) is 20.6 Å². The standard InChI is InChI=1S/C18H24ClN3O2/c1-12-15(10-16(23)20-11-18(2,3)22(4)5)21-17(24-12)13-7-6-8-14(19)9-13/h6-9H,10-11H2,1-5H3,(H,20,23). The lowest BCUT2D eigenvalue weighted by Crippen LogP contribution is -2.48. The fourth-order valence-corrected chi connectivity index (χ4v) is 2.21. The molecule has 1 heterocycles. The fraction of sp³-hybridized carbons (Fsp3) is 0.444. The summed E-state index contributed by atoms with van der Waals surface area (Å²) < 4.78 is 5.68. The Morgan fingerprint density at radius 3 is 2.71 bits per heavy atom. The van der Waals surface area contributed by atoms with Gasteiger partial charge < -0.3 is 14.6 Å². The zero-order valence-electron chi connectivity index (χ0n) is 14.8. The summed E-state index contributed by atoms with van der Waals surface area (Å²) in [5, 5.41) is 3.57. The maximum atomic E-state index is 12.2. The van der Waals surface area contributed by atoms with Crippen LogP contribution in [0.2, 0.25) is 5.02 Å². The highest BCUT2D eigenvalue weighted by atomic mass is 35.5. The molecule has 0 saturated carbocycles. The minimum absolute atomic E-state index is 0.0704. The van der Waals surface area contributed by atoms with Crippen LogP contribution in [-0.4, -0.2) is 42.0 Å². The third-order valence-corrected chi connectivity index (χ3v) is 4.46. The minimum Gasteiger partial charge on any atom is -0.441 e. The number of halogens is 1. The Morgan fingerprint density at radius 1 is 1.38 bits per heavy atom. The van der Waals surface area contributed by atoms with Crippen LogP contribution in [0.1, 0.15) is 25.3 Å². The molecule has 130 valence electrons. The van der Waals surface area contributed by atoms with E-state index >= 15 is 0 Å². The van der Waals surface area contributed by atoms with Gasteiger partial charge in [-0.05, 0) is 53.1 Å². The Hall–Kier alpha value is -1.85. The molecule has 0 radical (unpaired) electrons. The Bertz CT molecular complexity index is 723. The first-order chi connectivity index (χ1) is 11.2. The van der Waals surface area contributed by atoms with Crippen molar-refractivity contribution in [1.82, 2.24) is 15.2 Å². The topological polar surface area (TPSA) is 58.4 Å². The van der Waals surface area contributed by atoms with Crippen LogP contribution in [-0.2, 0) is 11.2 Å². The highest BCUT2D eigenvalue weighted by Crippen LogP contribution is 2.24. The van der Waals surface area contributed by atoms with Gasteiger partial charge in [-0.25, -0.2) is 4.98 Å². The van der Waals surface area contributed by atoms with Crippen LogP contribution in [0.25, 0.3) is 11.5 Å². The number of oxazole rings is 1. The molecule has 1 aromatic heterocycles. The van der Waals surface area contributed by atoms with Gasteiger partial charge in [-0.1, -0.05) is 17.7 Å². The Kier molecular flexibility index (Phi) is 5.67. The molecule has 6 heteroatoms. The van der Waals surface area contributed by atoms with E-state index in [0.29, 0.717) is 28.9 Å². The summed E-state index contributed by atoms with van der Waals surface area (Å²) in [4.78, 5) is 18.7. The van der Waals surface area contributed by atoms with Crippen LogP contribution in [0.15, 0.2) is 28.7 Å². The molecule has 0 saturated heterocycles. The number of nitrogens with one attached hydrogen (secondary N) is 1. The maximum Gasteiger partial charge on any atom is 0.226 e. The molecule has 2 rings (SSSR count). The zero-order valence-corrected chi connectivity index (χ0v) is 15.6. The number of amides is 1. The first-order valence-electron chi connectivity index (χ1n) is 7.85. The van der Waals surface area contributed by atoms with Crippen molar-refractivity contribution in [3.8, 4) is 11.5 Å². The molecule has 2 aromatic rings. The van der Waals surface area contributed by atoms with Gasteiger partial charge in [-0.2, -0.15) is 0 Å². The predicted octanol–water partition coefficient (Wildman–Crippen LogP) is 3.30. The Morgan fingerprint density at radius 2 is 2.08 bits per heavy atom. The molecule has 0 aliphatic rings. The van der Waals surface area contributed by atoms with E-state index in [9.17, 15) is 4.79 Å². The lowest BCUT2D eigenvalue weighted by atomic mass is 10.0. The van der Waals surface area contributed by atoms with Crippen LogP contribution >= 0.6 is 11.6 Å². The molecule has 0 bridgehead atoms. The highest BCUT2D eigenvalue weighted by Gasteiger charge is 2.22. The first-order valence-corrected chi connectivity index (χ1v) is 8.23. The van der Waals surface area contributed by atoms with Crippen LogP contribution < -0.4 is 5.32 Å². The number of likely N-dealkylation sites (N-methyl/N-ethyl adjacent to an activating group) is 1. The number of hydrogen-bond donors (Lipinski definition) is 1. The van der Waals surface area contributed by atoms with E-state index in [1.165, 1.54) is 0 Å². The molecule has 0 spiro atoms. The number of hydrogen-bond acceptors (Lipinski definition) is 4. The lowest BCUT2D eigenvalue weighted by Gasteiger charge is -2.32. The second-order valence-corrected chi connectivity index (χ2v) is 7.13. The normalized spacial score (nSPS) is 11.8. The maximum absolute atomic E-state index is 12.2. The number of rotatable bonds is 6. The van der Waals surface area contributed by atoms with Crippen molar-refractivity contribution in [2.24, 2.45) is 0 Å². The van der Waals surface area contributed by atoms with Gasteiger partial charge in [-0.3, -0.25) is 4.79 Å². The summed E-state index contributed by atoms with van der Waals surface area (Å²) in [5.74, 6) is 1.05. The minimum atomic E-state index is -0.111. The summed E-state index contributed by atoms with van der Waals surface area (Å²) >= 11 is 6.00. The summed E-state index contributed by atoms with van der Waals surface area (Å²) in [7, 11) is 3.98. The summed E-state index contributed by atoms with van der Waals surface area (Å²) in [5.41, 5.74) is 1.33. The first kappa shape index (κ1) is 18.5.